The first-order valence-electron chi connectivity index (χ1n) is 5.69. The van der Waals surface area contributed by atoms with Gasteiger partial charge in [0, 0.05) is 12.7 Å². The molecule has 0 amide bonds. The van der Waals surface area contributed by atoms with Gasteiger partial charge in [0.25, 0.3) is 0 Å². The van der Waals surface area contributed by atoms with Crippen LogP contribution in [0.5, 0.6) is 5.75 Å². The summed E-state index contributed by atoms with van der Waals surface area (Å²) in [6.07, 6.45) is 0.766. The van der Waals surface area contributed by atoms with Crippen molar-refractivity contribution in [1.82, 2.24) is 0 Å². The number of benzene rings is 1. The SMILES string of the molecule is CCC(Br)C(=O)c1ccc(OCCOC)c(Br)c1. The highest BCUT2D eigenvalue weighted by Crippen LogP contribution is 2.27. The molecule has 0 spiro atoms. The van der Waals surface area contributed by atoms with Gasteiger partial charge in [-0.3, -0.25) is 4.79 Å². The van der Waals surface area contributed by atoms with Crippen molar-refractivity contribution in [3.8, 4) is 5.75 Å². The molecule has 1 atom stereocenters. The predicted octanol–water partition coefficient (Wildman–Crippen LogP) is 3.83. The van der Waals surface area contributed by atoms with Crippen LogP contribution < -0.4 is 4.74 Å². The second-order valence-electron chi connectivity index (χ2n) is 3.73. The van der Waals surface area contributed by atoms with Crippen molar-refractivity contribution in [2.24, 2.45) is 0 Å². The third kappa shape index (κ3) is 4.37. The molecule has 0 bridgehead atoms. The summed E-state index contributed by atoms with van der Waals surface area (Å²) >= 11 is 6.77. The van der Waals surface area contributed by atoms with E-state index in [2.05, 4.69) is 31.9 Å². The summed E-state index contributed by atoms with van der Waals surface area (Å²) in [6, 6.07) is 5.36. The van der Waals surface area contributed by atoms with E-state index in [0.29, 0.717) is 24.5 Å². The largest absolute Gasteiger partial charge is 0.490 e. The second kappa shape index (κ2) is 7.92. The van der Waals surface area contributed by atoms with Gasteiger partial charge < -0.3 is 9.47 Å². The predicted molar refractivity (Wildman–Crippen MR) is 78.8 cm³/mol. The van der Waals surface area contributed by atoms with Crippen molar-refractivity contribution in [1.29, 1.82) is 0 Å². The van der Waals surface area contributed by atoms with Crippen molar-refractivity contribution in [2.45, 2.75) is 18.2 Å². The van der Waals surface area contributed by atoms with Gasteiger partial charge in [0.2, 0.25) is 0 Å². The molecule has 1 aromatic carbocycles. The fourth-order valence-corrected chi connectivity index (χ4v) is 2.13. The zero-order valence-corrected chi connectivity index (χ0v) is 13.6. The van der Waals surface area contributed by atoms with E-state index in [1.165, 1.54) is 0 Å². The summed E-state index contributed by atoms with van der Waals surface area (Å²) in [6.45, 7) is 2.99. The average molecular weight is 380 g/mol. The van der Waals surface area contributed by atoms with E-state index in [-0.39, 0.29) is 10.6 Å². The Labute approximate surface area is 124 Å². The molecule has 1 rings (SSSR count). The molecule has 1 unspecified atom stereocenters. The minimum Gasteiger partial charge on any atom is -0.490 e. The molecule has 0 aromatic heterocycles. The minimum absolute atomic E-state index is 0.0849. The van der Waals surface area contributed by atoms with Crippen LogP contribution in [0, 0.1) is 0 Å². The molecule has 0 N–H and O–H groups in total. The monoisotopic (exact) mass is 378 g/mol. The summed E-state index contributed by atoms with van der Waals surface area (Å²) < 4.78 is 11.2. The van der Waals surface area contributed by atoms with Gasteiger partial charge in [-0.2, -0.15) is 0 Å². The summed E-state index contributed by atoms with van der Waals surface area (Å²) in [5.74, 6) is 0.799. The number of carbonyl (C=O) groups excluding carboxylic acids is 1. The van der Waals surface area contributed by atoms with Gasteiger partial charge in [-0.05, 0) is 40.5 Å². The number of rotatable bonds is 7. The molecule has 0 saturated carbocycles. The van der Waals surface area contributed by atoms with Crippen LogP contribution in [0.15, 0.2) is 22.7 Å². The summed E-state index contributed by atoms with van der Waals surface area (Å²) in [5.41, 5.74) is 0.671. The van der Waals surface area contributed by atoms with Gasteiger partial charge in [0.05, 0.1) is 15.9 Å². The van der Waals surface area contributed by atoms with Gasteiger partial charge in [-0.1, -0.05) is 22.9 Å². The molecular weight excluding hydrogens is 364 g/mol. The molecular formula is C13H16Br2O3. The van der Waals surface area contributed by atoms with Gasteiger partial charge in [0.1, 0.15) is 12.4 Å². The van der Waals surface area contributed by atoms with Crippen LogP contribution in [0.1, 0.15) is 23.7 Å². The molecule has 0 aliphatic carbocycles. The van der Waals surface area contributed by atoms with Gasteiger partial charge in [-0.15, -0.1) is 0 Å². The number of Topliss-reactive ketones (excluding diaryl/α,β-unsaturated/α-hetero) is 1. The van der Waals surface area contributed by atoms with Crippen LogP contribution in [-0.4, -0.2) is 30.9 Å². The molecule has 0 heterocycles. The molecule has 0 saturated heterocycles. The van der Waals surface area contributed by atoms with E-state index in [0.717, 1.165) is 10.9 Å². The first-order valence-corrected chi connectivity index (χ1v) is 7.40. The van der Waals surface area contributed by atoms with Crippen molar-refractivity contribution in [3.05, 3.63) is 28.2 Å². The van der Waals surface area contributed by atoms with E-state index in [1.54, 1.807) is 25.3 Å². The summed E-state index contributed by atoms with van der Waals surface area (Å²) in [4.78, 5) is 11.8. The first-order chi connectivity index (χ1) is 8.60. The fraction of sp³-hybridized carbons (Fsp3) is 0.462. The van der Waals surface area contributed by atoms with Gasteiger partial charge >= 0.3 is 0 Å². The number of alkyl halides is 1. The maximum atomic E-state index is 12.0. The molecule has 0 aliphatic rings. The standard InChI is InChI=1S/C13H16Br2O3/c1-3-10(14)13(16)9-4-5-12(11(15)8-9)18-7-6-17-2/h4-5,8,10H,3,6-7H2,1-2H3. The van der Waals surface area contributed by atoms with E-state index < -0.39 is 0 Å². The molecule has 1 aromatic rings. The van der Waals surface area contributed by atoms with Crippen molar-refractivity contribution in [2.75, 3.05) is 20.3 Å². The van der Waals surface area contributed by atoms with Crippen LogP contribution in [0.2, 0.25) is 0 Å². The molecule has 100 valence electrons. The lowest BCUT2D eigenvalue weighted by Gasteiger charge is -2.10. The average Bonchev–Trinajstić information content (AvgIpc) is 2.39. The molecule has 0 fully saturated rings. The summed E-state index contributed by atoms with van der Waals surface area (Å²) in [5, 5.41) is 0. The lowest BCUT2D eigenvalue weighted by Crippen LogP contribution is -2.13. The van der Waals surface area contributed by atoms with Crippen LogP contribution in [0.4, 0.5) is 0 Å². The summed E-state index contributed by atoms with van der Waals surface area (Å²) in [7, 11) is 1.63. The lowest BCUT2D eigenvalue weighted by molar-refractivity contribution is 0.0990. The third-order valence-corrected chi connectivity index (χ3v) is 4.09. The third-order valence-electron chi connectivity index (χ3n) is 2.40. The number of hydrogen-bond donors (Lipinski definition) is 0. The fourth-order valence-electron chi connectivity index (χ4n) is 1.37. The van der Waals surface area contributed by atoms with E-state index in [9.17, 15) is 4.79 Å². The number of hydrogen-bond acceptors (Lipinski definition) is 3. The molecule has 18 heavy (non-hydrogen) atoms. The number of carbonyl (C=O) groups is 1. The number of ketones is 1. The van der Waals surface area contributed by atoms with Crippen molar-refractivity contribution < 1.29 is 14.3 Å². The topological polar surface area (TPSA) is 35.5 Å². The molecule has 0 radical (unpaired) electrons. The Bertz CT molecular complexity index is 407. The zero-order chi connectivity index (χ0) is 13.5. The zero-order valence-electron chi connectivity index (χ0n) is 10.4. The molecule has 3 nitrogen and oxygen atoms in total. The quantitative estimate of drug-likeness (QED) is 0.410. The highest BCUT2D eigenvalue weighted by atomic mass is 79.9. The Kier molecular flexibility index (Phi) is 6.89. The highest BCUT2D eigenvalue weighted by molar-refractivity contribution is 9.10. The van der Waals surface area contributed by atoms with E-state index >= 15 is 0 Å². The van der Waals surface area contributed by atoms with Crippen molar-refractivity contribution >= 4 is 37.6 Å². The Morgan fingerprint density at radius 3 is 2.67 bits per heavy atom. The Morgan fingerprint density at radius 1 is 1.39 bits per heavy atom. The van der Waals surface area contributed by atoms with E-state index in [4.69, 9.17) is 9.47 Å². The van der Waals surface area contributed by atoms with Crippen LogP contribution in [0.25, 0.3) is 0 Å². The van der Waals surface area contributed by atoms with Crippen LogP contribution >= 0.6 is 31.9 Å². The number of halogens is 2. The molecule has 5 heteroatoms. The highest BCUT2D eigenvalue weighted by Gasteiger charge is 2.16. The maximum Gasteiger partial charge on any atom is 0.176 e. The normalized spacial score (nSPS) is 12.2. The lowest BCUT2D eigenvalue weighted by atomic mass is 10.1. The molecule has 0 aliphatic heterocycles. The number of ether oxygens (including phenoxy) is 2. The van der Waals surface area contributed by atoms with Crippen LogP contribution in [-0.2, 0) is 4.74 Å². The Hall–Kier alpha value is -0.390. The maximum absolute atomic E-state index is 12.0. The van der Waals surface area contributed by atoms with Crippen molar-refractivity contribution in [3.63, 3.8) is 0 Å². The van der Waals surface area contributed by atoms with Crippen LogP contribution in [0.3, 0.4) is 0 Å². The Balaban J connectivity index is 2.75. The minimum atomic E-state index is -0.135. The smallest absolute Gasteiger partial charge is 0.176 e. The van der Waals surface area contributed by atoms with Gasteiger partial charge in [-0.25, -0.2) is 0 Å². The second-order valence-corrected chi connectivity index (χ2v) is 5.69. The van der Waals surface area contributed by atoms with Gasteiger partial charge in [0.15, 0.2) is 5.78 Å². The number of methoxy groups -OCH3 is 1. The van der Waals surface area contributed by atoms with E-state index in [1.807, 2.05) is 6.92 Å². The first kappa shape index (κ1) is 15.7. The Morgan fingerprint density at radius 2 is 2.11 bits per heavy atom.